The zero-order valence-corrected chi connectivity index (χ0v) is 15.8. The Morgan fingerprint density at radius 1 is 1.08 bits per heavy atom. The van der Waals surface area contributed by atoms with Crippen LogP contribution in [0.2, 0.25) is 0 Å². The summed E-state index contributed by atoms with van der Waals surface area (Å²) in [5.41, 5.74) is 1.16. The van der Waals surface area contributed by atoms with E-state index in [1.54, 1.807) is 7.11 Å². The predicted octanol–water partition coefficient (Wildman–Crippen LogP) is 1.49. The Bertz CT molecular complexity index is 555. The van der Waals surface area contributed by atoms with Crippen LogP contribution in [0.15, 0.2) is 18.2 Å². The number of rotatable bonds is 8. The first-order chi connectivity index (χ1) is 12.6. The summed E-state index contributed by atoms with van der Waals surface area (Å²) >= 11 is 0. The zero-order chi connectivity index (χ0) is 18.4. The third-order valence-electron chi connectivity index (χ3n) is 5.29. The highest BCUT2D eigenvalue weighted by Gasteiger charge is 2.19. The van der Waals surface area contributed by atoms with Gasteiger partial charge >= 0.3 is 0 Å². The van der Waals surface area contributed by atoms with E-state index < -0.39 is 6.10 Å². The van der Waals surface area contributed by atoms with Crippen molar-refractivity contribution in [2.45, 2.75) is 44.4 Å². The normalized spacial score (nSPS) is 21.0. The van der Waals surface area contributed by atoms with Gasteiger partial charge in [-0.1, -0.05) is 6.07 Å². The fraction of sp³-hybridized carbons (Fsp3) is 0.700. The number of benzene rings is 1. The van der Waals surface area contributed by atoms with Crippen molar-refractivity contribution >= 4 is 0 Å². The van der Waals surface area contributed by atoms with Crippen molar-refractivity contribution in [2.24, 2.45) is 0 Å². The number of piperidine rings is 1. The van der Waals surface area contributed by atoms with E-state index >= 15 is 0 Å². The van der Waals surface area contributed by atoms with Crippen LogP contribution in [0.1, 0.15) is 31.2 Å². The van der Waals surface area contributed by atoms with Crippen molar-refractivity contribution < 1.29 is 19.7 Å². The lowest BCUT2D eigenvalue weighted by Crippen LogP contribution is -2.35. The number of aliphatic hydroxyl groups is 2. The Kier molecular flexibility index (Phi) is 7.14. The average molecular weight is 364 g/mol. The van der Waals surface area contributed by atoms with Crippen LogP contribution in [-0.2, 0) is 6.54 Å². The molecule has 2 N–H and O–H groups in total. The SMILES string of the molecule is COc1ccc(CN2CCC(O)CC2)cc1OC[C@H](O)CN1CCCC1. The predicted molar refractivity (Wildman–Crippen MR) is 101 cm³/mol. The highest BCUT2D eigenvalue weighted by atomic mass is 16.5. The summed E-state index contributed by atoms with van der Waals surface area (Å²) in [5.74, 6) is 1.37. The molecule has 1 aromatic carbocycles. The van der Waals surface area contributed by atoms with Crippen LogP contribution in [-0.4, -0.2) is 78.7 Å². The van der Waals surface area contributed by atoms with Gasteiger partial charge in [0.05, 0.1) is 13.2 Å². The number of hydrogen-bond acceptors (Lipinski definition) is 6. The first kappa shape index (κ1) is 19.4. The molecule has 0 aromatic heterocycles. The standard InChI is InChI=1S/C20H32N2O4/c1-25-19-5-4-16(13-22-10-6-17(23)7-11-22)12-20(19)26-15-18(24)14-21-8-2-3-9-21/h4-5,12,17-18,23-24H,2-3,6-11,13-15H2,1H3/t18-/m1/s1. The molecule has 0 bridgehead atoms. The van der Waals surface area contributed by atoms with Gasteiger partial charge in [-0.3, -0.25) is 4.90 Å². The molecule has 146 valence electrons. The Labute approximate surface area is 156 Å². The number of methoxy groups -OCH3 is 1. The Hall–Kier alpha value is -1.34. The third-order valence-corrected chi connectivity index (χ3v) is 5.29. The van der Waals surface area contributed by atoms with Crippen molar-refractivity contribution in [1.29, 1.82) is 0 Å². The molecule has 6 nitrogen and oxygen atoms in total. The third kappa shape index (κ3) is 5.58. The average Bonchev–Trinajstić information content (AvgIpc) is 3.15. The van der Waals surface area contributed by atoms with Crippen molar-refractivity contribution in [3.05, 3.63) is 23.8 Å². The van der Waals surface area contributed by atoms with Crippen LogP contribution in [0.25, 0.3) is 0 Å². The first-order valence-corrected chi connectivity index (χ1v) is 9.74. The molecule has 1 aromatic rings. The Balaban J connectivity index is 1.54. The maximum atomic E-state index is 10.3. The van der Waals surface area contributed by atoms with Gasteiger partial charge in [-0.05, 0) is 56.5 Å². The molecule has 2 aliphatic rings. The van der Waals surface area contributed by atoms with E-state index in [9.17, 15) is 10.2 Å². The first-order valence-electron chi connectivity index (χ1n) is 9.74. The summed E-state index contributed by atoms with van der Waals surface area (Å²) in [6.45, 7) is 5.74. The number of nitrogens with zero attached hydrogens (tertiary/aromatic N) is 2. The highest BCUT2D eigenvalue weighted by molar-refractivity contribution is 5.43. The van der Waals surface area contributed by atoms with Crippen LogP contribution in [0.4, 0.5) is 0 Å². The molecule has 2 aliphatic heterocycles. The van der Waals surface area contributed by atoms with Gasteiger partial charge < -0.3 is 24.6 Å². The molecule has 1 atom stereocenters. The monoisotopic (exact) mass is 364 g/mol. The molecule has 2 heterocycles. The molecule has 0 radical (unpaired) electrons. The molecule has 3 rings (SSSR count). The minimum atomic E-state index is -0.495. The maximum absolute atomic E-state index is 10.3. The van der Waals surface area contributed by atoms with Gasteiger partial charge in [-0.2, -0.15) is 0 Å². The molecular formula is C20H32N2O4. The highest BCUT2D eigenvalue weighted by Crippen LogP contribution is 2.29. The van der Waals surface area contributed by atoms with E-state index in [0.717, 1.165) is 51.1 Å². The van der Waals surface area contributed by atoms with Crippen LogP contribution in [0, 0.1) is 0 Å². The molecular weight excluding hydrogens is 332 g/mol. The van der Waals surface area contributed by atoms with E-state index in [1.807, 2.05) is 12.1 Å². The summed E-state index contributed by atoms with van der Waals surface area (Å²) in [7, 11) is 1.63. The molecule has 0 unspecified atom stereocenters. The van der Waals surface area contributed by atoms with Crippen LogP contribution in [0.3, 0.4) is 0 Å². The fourth-order valence-corrected chi connectivity index (χ4v) is 3.77. The second-order valence-electron chi connectivity index (χ2n) is 7.47. The number of hydrogen-bond donors (Lipinski definition) is 2. The second-order valence-corrected chi connectivity index (χ2v) is 7.47. The van der Waals surface area contributed by atoms with E-state index in [1.165, 1.54) is 12.8 Å². The van der Waals surface area contributed by atoms with Crippen molar-refractivity contribution in [3.8, 4) is 11.5 Å². The van der Waals surface area contributed by atoms with Gasteiger partial charge in [0.1, 0.15) is 12.7 Å². The Morgan fingerprint density at radius 3 is 2.50 bits per heavy atom. The van der Waals surface area contributed by atoms with Crippen molar-refractivity contribution in [3.63, 3.8) is 0 Å². The van der Waals surface area contributed by atoms with Crippen molar-refractivity contribution in [1.82, 2.24) is 9.80 Å². The second kappa shape index (κ2) is 9.55. The lowest BCUT2D eigenvalue weighted by Gasteiger charge is -2.29. The minimum absolute atomic E-state index is 0.155. The minimum Gasteiger partial charge on any atom is -0.493 e. The van der Waals surface area contributed by atoms with Gasteiger partial charge in [0.2, 0.25) is 0 Å². The molecule has 0 aliphatic carbocycles. The molecule has 2 fully saturated rings. The van der Waals surface area contributed by atoms with Crippen LogP contribution in [0.5, 0.6) is 11.5 Å². The Morgan fingerprint density at radius 2 is 1.81 bits per heavy atom. The summed E-state index contributed by atoms with van der Waals surface area (Å²) in [6.07, 6.45) is 3.46. The quantitative estimate of drug-likeness (QED) is 0.729. The van der Waals surface area contributed by atoms with Gasteiger partial charge in [-0.15, -0.1) is 0 Å². The van der Waals surface area contributed by atoms with Crippen LogP contribution >= 0.6 is 0 Å². The molecule has 0 spiro atoms. The maximum Gasteiger partial charge on any atom is 0.161 e. The lowest BCUT2D eigenvalue weighted by molar-refractivity contribution is 0.0742. The number of ether oxygens (including phenoxy) is 2. The van der Waals surface area contributed by atoms with E-state index in [0.29, 0.717) is 18.0 Å². The smallest absolute Gasteiger partial charge is 0.161 e. The molecule has 6 heteroatoms. The molecule has 0 saturated carbocycles. The molecule has 2 saturated heterocycles. The fourth-order valence-electron chi connectivity index (χ4n) is 3.77. The van der Waals surface area contributed by atoms with Gasteiger partial charge in [0.25, 0.3) is 0 Å². The van der Waals surface area contributed by atoms with E-state index in [-0.39, 0.29) is 12.7 Å². The van der Waals surface area contributed by atoms with Gasteiger partial charge in [0.15, 0.2) is 11.5 Å². The van der Waals surface area contributed by atoms with E-state index in [4.69, 9.17) is 9.47 Å². The van der Waals surface area contributed by atoms with Crippen LogP contribution < -0.4 is 9.47 Å². The molecule has 0 amide bonds. The van der Waals surface area contributed by atoms with Gasteiger partial charge in [-0.25, -0.2) is 0 Å². The van der Waals surface area contributed by atoms with Gasteiger partial charge in [0, 0.05) is 26.2 Å². The zero-order valence-electron chi connectivity index (χ0n) is 15.8. The summed E-state index contributed by atoms with van der Waals surface area (Å²) < 4.78 is 11.3. The number of aliphatic hydroxyl groups excluding tert-OH is 2. The summed E-state index contributed by atoms with van der Waals surface area (Å²) in [4.78, 5) is 4.63. The molecule has 26 heavy (non-hydrogen) atoms. The topological polar surface area (TPSA) is 65.4 Å². The number of likely N-dealkylation sites (tertiary alicyclic amines) is 2. The van der Waals surface area contributed by atoms with Crippen molar-refractivity contribution in [2.75, 3.05) is 46.4 Å². The summed E-state index contributed by atoms with van der Waals surface area (Å²) in [5, 5.41) is 19.9. The number of β-amino-alcohol motifs (C(OH)–C–C–N with tert-alkyl or cyclic N) is 1. The lowest BCUT2D eigenvalue weighted by atomic mass is 10.1. The van der Waals surface area contributed by atoms with E-state index in [2.05, 4.69) is 15.9 Å². The summed E-state index contributed by atoms with van der Waals surface area (Å²) in [6, 6.07) is 5.99. The largest absolute Gasteiger partial charge is 0.493 e.